The van der Waals surface area contributed by atoms with Gasteiger partial charge in [-0.05, 0) is 36.8 Å². The fourth-order valence-electron chi connectivity index (χ4n) is 3.15. The summed E-state index contributed by atoms with van der Waals surface area (Å²) in [5.41, 5.74) is 0.502. The van der Waals surface area contributed by atoms with Gasteiger partial charge >= 0.3 is 6.18 Å². The van der Waals surface area contributed by atoms with Gasteiger partial charge in [-0.2, -0.15) is 13.2 Å². The van der Waals surface area contributed by atoms with Crippen molar-refractivity contribution < 1.29 is 32.2 Å². The Morgan fingerprint density at radius 2 is 2.00 bits per heavy atom. The van der Waals surface area contributed by atoms with Crippen molar-refractivity contribution in [2.75, 3.05) is 19.7 Å². The normalized spacial score (nSPS) is 22.0. The number of amides is 1. The van der Waals surface area contributed by atoms with Gasteiger partial charge in [0.1, 0.15) is 29.8 Å². The number of aldehydes is 1. The van der Waals surface area contributed by atoms with Gasteiger partial charge in [-0.1, -0.05) is 12.2 Å². The predicted molar refractivity (Wildman–Crippen MR) is 94.8 cm³/mol. The van der Waals surface area contributed by atoms with Crippen LogP contribution in [0.15, 0.2) is 48.3 Å². The summed E-state index contributed by atoms with van der Waals surface area (Å²) in [7, 11) is 0. The lowest BCUT2D eigenvalue weighted by atomic mass is 9.98. The minimum atomic E-state index is -4.36. The molecule has 0 radical (unpaired) electrons. The Hall–Kier alpha value is -2.77. The molecule has 28 heavy (non-hydrogen) atoms. The van der Waals surface area contributed by atoms with Crippen LogP contribution in [-0.2, 0) is 9.53 Å². The Morgan fingerprint density at radius 1 is 1.25 bits per heavy atom. The lowest BCUT2D eigenvalue weighted by molar-refractivity contribution is -0.175. The van der Waals surface area contributed by atoms with Crippen LogP contribution in [0.25, 0.3) is 0 Å². The highest BCUT2D eigenvalue weighted by molar-refractivity contribution is 5.78. The Balaban J connectivity index is 1.50. The second-order valence-corrected chi connectivity index (χ2v) is 6.67. The number of rotatable bonds is 6. The first-order valence-electron chi connectivity index (χ1n) is 8.92. The monoisotopic (exact) mass is 395 g/mol. The molecule has 150 valence electrons. The zero-order valence-corrected chi connectivity index (χ0v) is 15.0. The molecular weight excluding hydrogens is 375 g/mol. The summed E-state index contributed by atoms with van der Waals surface area (Å²) in [5.74, 6) is -1.55. The fraction of sp³-hybridized carbons (Fsp3) is 0.400. The highest BCUT2D eigenvalue weighted by Crippen LogP contribution is 2.38. The number of ether oxygens (including phenoxy) is 2. The van der Waals surface area contributed by atoms with Crippen molar-refractivity contribution in [2.45, 2.75) is 25.1 Å². The number of hydrogen-bond donors (Lipinski definition) is 0. The molecule has 8 heteroatoms. The molecule has 2 atom stereocenters. The van der Waals surface area contributed by atoms with Gasteiger partial charge in [0.2, 0.25) is 0 Å². The van der Waals surface area contributed by atoms with E-state index in [0.29, 0.717) is 30.6 Å². The second kappa shape index (κ2) is 8.50. The van der Waals surface area contributed by atoms with Gasteiger partial charge in [0.25, 0.3) is 5.91 Å². The summed E-state index contributed by atoms with van der Waals surface area (Å²) < 4.78 is 50.4. The predicted octanol–water partition coefficient (Wildman–Crippen LogP) is 3.52. The number of hydrogen-bond acceptors (Lipinski definition) is 4. The molecule has 1 saturated heterocycles. The van der Waals surface area contributed by atoms with E-state index in [9.17, 15) is 22.8 Å². The summed E-state index contributed by atoms with van der Waals surface area (Å²) in [6.45, 7) is 0.429. The van der Waals surface area contributed by atoms with E-state index in [1.165, 1.54) is 17.1 Å². The molecule has 2 aliphatic rings. The lowest BCUT2D eigenvalue weighted by Crippen LogP contribution is -2.34. The van der Waals surface area contributed by atoms with Crippen molar-refractivity contribution >= 4 is 12.2 Å². The summed E-state index contributed by atoms with van der Waals surface area (Å²) in [6, 6.07) is 6.34. The molecule has 0 bridgehead atoms. The maximum absolute atomic E-state index is 13.1. The molecule has 1 aromatic carbocycles. The smallest absolute Gasteiger partial charge is 0.399 e. The lowest BCUT2D eigenvalue weighted by Gasteiger charge is -2.26. The van der Waals surface area contributed by atoms with Crippen LogP contribution < -0.4 is 4.74 Å². The van der Waals surface area contributed by atoms with E-state index in [1.54, 1.807) is 30.3 Å². The second-order valence-electron chi connectivity index (χ2n) is 6.67. The van der Waals surface area contributed by atoms with E-state index in [2.05, 4.69) is 0 Å². The van der Waals surface area contributed by atoms with Crippen molar-refractivity contribution in [1.29, 1.82) is 0 Å². The van der Waals surface area contributed by atoms with Gasteiger partial charge in [-0.15, -0.1) is 0 Å². The van der Waals surface area contributed by atoms with Crippen LogP contribution in [0.2, 0.25) is 0 Å². The van der Waals surface area contributed by atoms with Gasteiger partial charge in [0, 0.05) is 18.5 Å². The average molecular weight is 395 g/mol. The molecule has 1 aliphatic carbocycles. The van der Waals surface area contributed by atoms with Crippen LogP contribution in [0.3, 0.4) is 0 Å². The van der Waals surface area contributed by atoms with Gasteiger partial charge in [-0.3, -0.25) is 9.59 Å². The number of carbonyl (C=O) groups excluding carboxylic acids is 2. The molecule has 3 rings (SSSR count). The Bertz CT molecular complexity index is 771. The summed E-state index contributed by atoms with van der Waals surface area (Å²) in [6.07, 6.45) is 0.565. The molecule has 0 spiro atoms. The number of halogens is 3. The minimum absolute atomic E-state index is 0.0965. The molecule has 1 heterocycles. The van der Waals surface area contributed by atoms with Crippen molar-refractivity contribution in [3.8, 4) is 5.75 Å². The molecule has 1 aliphatic heterocycles. The Kier molecular flexibility index (Phi) is 6.06. The molecule has 5 nitrogen and oxygen atoms in total. The van der Waals surface area contributed by atoms with E-state index in [4.69, 9.17) is 9.47 Å². The van der Waals surface area contributed by atoms with Crippen LogP contribution in [0.5, 0.6) is 5.75 Å². The van der Waals surface area contributed by atoms with Crippen molar-refractivity contribution in [3.63, 3.8) is 0 Å². The van der Waals surface area contributed by atoms with E-state index >= 15 is 0 Å². The molecule has 1 unspecified atom stereocenters. The first-order chi connectivity index (χ1) is 13.4. The van der Waals surface area contributed by atoms with Crippen LogP contribution in [0.4, 0.5) is 13.2 Å². The number of likely N-dealkylation sites (tertiary alicyclic amines) is 1. The third kappa shape index (κ3) is 4.94. The highest BCUT2D eigenvalue weighted by atomic mass is 19.4. The Morgan fingerprint density at radius 3 is 2.68 bits per heavy atom. The molecule has 0 saturated carbocycles. The third-order valence-corrected chi connectivity index (χ3v) is 4.69. The third-order valence-electron chi connectivity index (χ3n) is 4.69. The molecule has 1 fully saturated rings. The quantitative estimate of drug-likeness (QED) is 0.692. The Labute approximate surface area is 160 Å². The summed E-state index contributed by atoms with van der Waals surface area (Å²) in [5, 5.41) is 0. The standard InChI is InChI=1S/C20H20F3NO4/c21-20(22,23)17-3-1-2-4-18(17)28-16-9-10-24(11-16)19(26)13-27-15-7-5-14(12-25)6-8-15/h1-2,4-8,12,16-17H,3,9-11,13H2/t16-,17?/m0/s1. The van der Waals surface area contributed by atoms with E-state index in [1.807, 2.05) is 0 Å². The van der Waals surface area contributed by atoms with Gasteiger partial charge in [-0.25, -0.2) is 0 Å². The van der Waals surface area contributed by atoms with E-state index in [0.717, 1.165) is 0 Å². The van der Waals surface area contributed by atoms with Crippen LogP contribution in [0.1, 0.15) is 23.2 Å². The van der Waals surface area contributed by atoms with Crippen LogP contribution in [-0.4, -0.2) is 49.1 Å². The average Bonchev–Trinajstić information content (AvgIpc) is 3.14. The topological polar surface area (TPSA) is 55.8 Å². The number of benzene rings is 1. The first kappa shape index (κ1) is 20.0. The molecular formula is C20H20F3NO4. The molecule has 0 aromatic heterocycles. The highest BCUT2D eigenvalue weighted by Gasteiger charge is 2.44. The van der Waals surface area contributed by atoms with Crippen molar-refractivity contribution in [3.05, 3.63) is 53.8 Å². The van der Waals surface area contributed by atoms with Gasteiger partial charge < -0.3 is 14.4 Å². The SMILES string of the molecule is O=Cc1ccc(OCC(=O)N2CC[C@H](OC3=CC=CCC3C(F)(F)F)C2)cc1. The van der Waals surface area contributed by atoms with Crippen LogP contribution in [0, 0.1) is 5.92 Å². The molecule has 0 N–H and O–H groups in total. The zero-order chi connectivity index (χ0) is 20.1. The van der Waals surface area contributed by atoms with Gasteiger partial charge in [0.15, 0.2) is 6.61 Å². The maximum atomic E-state index is 13.1. The number of allylic oxidation sites excluding steroid dienone is 4. The summed E-state index contributed by atoms with van der Waals surface area (Å²) >= 11 is 0. The minimum Gasteiger partial charge on any atom is -0.492 e. The maximum Gasteiger partial charge on any atom is 0.399 e. The summed E-state index contributed by atoms with van der Waals surface area (Å²) in [4.78, 5) is 24.4. The number of carbonyl (C=O) groups is 2. The van der Waals surface area contributed by atoms with Crippen LogP contribution >= 0.6 is 0 Å². The van der Waals surface area contributed by atoms with Crippen molar-refractivity contribution in [2.24, 2.45) is 5.92 Å². The molecule has 1 amide bonds. The van der Waals surface area contributed by atoms with E-state index < -0.39 is 18.2 Å². The first-order valence-corrected chi connectivity index (χ1v) is 8.92. The molecule has 1 aromatic rings. The van der Waals surface area contributed by atoms with Crippen molar-refractivity contribution in [1.82, 2.24) is 4.90 Å². The zero-order valence-electron chi connectivity index (χ0n) is 15.0. The van der Waals surface area contributed by atoms with E-state index in [-0.39, 0.29) is 31.2 Å². The fourth-order valence-corrected chi connectivity index (χ4v) is 3.15. The number of nitrogens with zero attached hydrogens (tertiary/aromatic N) is 1. The largest absolute Gasteiger partial charge is 0.492 e. The number of alkyl halides is 3. The van der Waals surface area contributed by atoms with Gasteiger partial charge in [0.05, 0.1) is 6.54 Å².